The van der Waals surface area contributed by atoms with Gasteiger partial charge in [-0.25, -0.2) is 4.98 Å². The fourth-order valence-corrected chi connectivity index (χ4v) is 3.33. The molecule has 1 aliphatic rings. The summed E-state index contributed by atoms with van der Waals surface area (Å²) in [5, 5.41) is 15.2. The van der Waals surface area contributed by atoms with E-state index >= 15 is 0 Å². The molecule has 136 valence electrons. The molecule has 1 amide bonds. The molecule has 1 fully saturated rings. The van der Waals surface area contributed by atoms with Gasteiger partial charge in [-0.15, -0.1) is 10.2 Å². The van der Waals surface area contributed by atoms with E-state index in [2.05, 4.69) is 30.3 Å². The van der Waals surface area contributed by atoms with Gasteiger partial charge < -0.3 is 9.80 Å². The molecular weight excluding hydrogens is 332 g/mol. The number of fused-ring (bicyclic) bond motifs is 1. The lowest BCUT2D eigenvalue weighted by atomic mass is 10.1. The molecule has 0 aromatic carbocycles. The molecular formula is C17H22N8O. The van der Waals surface area contributed by atoms with Gasteiger partial charge in [-0.05, 0) is 25.5 Å². The van der Waals surface area contributed by atoms with Gasteiger partial charge in [0.2, 0.25) is 5.91 Å². The van der Waals surface area contributed by atoms with Crippen molar-refractivity contribution < 1.29 is 4.79 Å². The van der Waals surface area contributed by atoms with Crippen molar-refractivity contribution in [3.05, 3.63) is 35.5 Å². The Morgan fingerprint density at radius 1 is 1.23 bits per heavy atom. The number of nitrogens with one attached hydrogen (secondary N) is 1. The molecule has 0 aliphatic carbocycles. The van der Waals surface area contributed by atoms with Crippen molar-refractivity contribution in [1.29, 1.82) is 0 Å². The van der Waals surface area contributed by atoms with Crippen LogP contribution in [0.2, 0.25) is 0 Å². The van der Waals surface area contributed by atoms with E-state index in [1.165, 1.54) is 0 Å². The number of carbonyl (C=O) groups excluding carboxylic acids is 1. The largest absolute Gasteiger partial charge is 0.354 e. The molecule has 4 heterocycles. The van der Waals surface area contributed by atoms with E-state index in [4.69, 9.17) is 0 Å². The first kappa shape index (κ1) is 16.5. The zero-order valence-corrected chi connectivity index (χ0v) is 15.0. The van der Waals surface area contributed by atoms with Gasteiger partial charge in [0.15, 0.2) is 0 Å². The average molecular weight is 354 g/mol. The van der Waals surface area contributed by atoms with E-state index in [0.29, 0.717) is 31.7 Å². The van der Waals surface area contributed by atoms with Crippen LogP contribution >= 0.6 is 0 Å². The molecule has 0 unspecified atom stereocenters. The quantitative estimate of drug-likeness (QED) is 0.743. The maximum atomic E-state index is 12.5. The number of hydrogen-bond acceptors (Lipinski definition) is 6. The fourth-order valence-electron chi connectivity index (χ4n) is 3.33. The van der Waals surface area contributed by atoms with Gasteiger partial charge in [-0.2, -0.15) is 5.10 Å². The first-order valence-electron chi connectivity index (χ1n) is 8.81. The van der Waals surface area contributed by atoms with Crippen LogP contribution in [-0.4, -0.2) is 66.8 Å². The van der Waals surface area contributed by atoms with Gasteiger partial charge in [0.05, 0.1) is 5.69 Å². The molecule has 9 nitrogen and oxygen atoms in total. The molecule has 0 atom stereocenters. The number of aromatic amines is 1. The summed E-state index contributed by atoms with van der Waals surface area (Å²) in [4.78, 5) is 20.9. The second-order valence-electron chi connectivity index (χ2n) is 6.59. The van der Waals surface area contributed by atoms with Crippen LogP contribution in [0, 0.1) is 13.8 Å². The fraction of sp³-hybridized carbons (Fsp3) is 0.471. The first-order chi connectivity index (χ1) is 12.6. The number of amides is 1. The van der Waals surface area contributed by atoms with E-state index in [-0.39, 0.29) is 5.91 Å². The molecule has 1 aliphatic heterocycles. The van der Waals surface area contributed by atoms with Crippen molar-refractivity contribution in [2.24, 2.45) is 0 Å². The SMILES string of the molecule is Cc1[nH]nc(CCC(=O)N2CCN(c3ccnc4nncn34)CC2)c1C. The Balaban J connectivity index is 1.35. The van der Waals surface area contributed by atoms with Crippen molar-refractivity contribution in [2.75, 3.05) is 31.1 Å². The third-order valence-electron chi connectivity index (χ3n) is 5.08. The maximum Gasteiger partial charge on any atom is 0.256 e. The Kier molecular flexibility index (Phi) is 4.27. The van der Waals surface area contributed by atoms with Crippen LogP contribution < -0.4 is 4.90 Å². The van der Waals surface area contributed by atoms with Gasteiger partial charge in [0, 0.05) is 50.9 Å². The van der Waals surface area contributed by atoms with Crippen molar-refractivity contribution in [3.63, 3.8) is 0 Å². The van der Waals surface area contributed by atoms with Crippen molar-refractivity contribution in [2.45, 2.75) is 26.7 Å². The summed E-state index contributed by atoms with van der Waals surface area (Å²) in [6.45, 7) is 7.02. The summed E-state index contributed by atoms with van der Waals surface area (Å²) < 4.78 is 1.88. The Hall–Kier alpha value is -2.97. The van der Waals surface area contributed by atoms with Crippen LogP contribution in [-0.2, 0) is 11.2 Å². The normalized spacial score (nSPS) is 15.0. The van der Waals surface area contributed by atoms with E-state index in [1.54, 1.807) is 12.5 Å². The highest BCUT2D eigenvalue weighted by atomic mass is 16.2. The topological polar surface area (TPSA) is 95.3 Å². The molecule has 0 saturated carbocycles. The van der Waals surface area contributed by atoms with E-state index in [9.17, 15) is 4.79 Å². The number of hydrogen-bond donors (Lipinski definition) is 1. The number of carbonyl (C=O) groups is 1. The smallest absolute Gasteiger partial charge is 0.256 e. The van der Waals surface area contributed by atoms with E-state index in [1.807, 2.05) is 29.2 Å². The lowest BCUT2D eigenvalue weighted by molar-refractivity contribution is -0.131. The van der Waals surface area contributed by atoms with Gasteiger partial charge in [-0.1, -0.05) is 0 Å². The molecule has 4 rings (SSSR count). The number of piperazine rings is 1. The standard InChI is InChI=1S/C17H22N8O/c1-12-13(2)20-21-14(12)3-4-16(26)24-9-7-23(8-10-24)15-5-6-18-17-22-19-11-25(15)17/h5-6,11H,3-4,7-10H2,1-2H3,(H,20,21). The third-order valence-corrected chi connectivity index (χ3v) is 5.08. The average Bonchev–Trinajstić information content (AvgIpc) is 3.27. The highest BCUT2D eigenvalue weighted by Crippen LogP contribution is 2.17. The van der Waals surface area contributed by atoms with Crippen molar-refractivity contribution >= 4 is 17.5 Å². The second kappa shape index (κ2) is 6.74. The number of H-pyrrole nitrogens is 1. The van der Waals surface area contributed by atoms with Crippen LogP contribution in [0.4, 0.5) is 5.82 Å². The monoisotopic (exact) mass is 354 g/mol. The summed E-state index contributed by atoms with van der Waals surface area (Å²) in [6, 6.07) is 1.95. The zero-order chi connectivity index (χ0) is 18.1. The maximum absolute atomic E-state index is 12.5. The minimum absolute atomic E-state index is 0.189. The highest BCUT2D eigenvalue weighted by molar-refractivity contribution is 5.76. The van der Waals surface area contributed by atoms with Crippen LogP contribution in [0.25, 0.3) is 5.78 Å². The summed E-state index contributed by atoms with van der Waals surface area (Å²) in [5.41, 5.74) is 3.21. The molecule has 0 spiro atoms. The number of rotatable bonds is 4. The Morgan fingerprint density at radius 2 is 2.04 bits per heavy atom. The minimum Gasteiger partial charge on any atom is -0.354 e. The Labute approximate surface area is 151 Å². The number of aryl methyl sites for hydroxylation is 2. The molecule has 3 aromatic rings. The van der Waals surface area contributed by atoms with Crippen molar-refractivity contribution in [3.8, 4) is 0 Å². The molecule has 3 aromatic heterocycles. The Morgan fingerprint density at radius 3 is 2.77 bits per heavy atom. The summed E-state index contributed by atoms with van der Waals surface area (Å²) >= 11 is 0. The summed E-state index contributed by atoms with van der Waals surface area (Å²) in [5.74, 6) is 1.79. The summed E-state index contributed by atoms with van der Waals surface area (Å²) in [7, 11) is 0. The summed E-state index contributed by atoms with van der Waals surface area (Å²) in [6.07, 6.45) is 4.59. The first-order valence-corrected chi connectivity index (χ1v) is 8.81. The third kappa shape index (κ3) is 3.00. The van der Waals surface area contributed by atoms with Crippen LogP contribution in [0.15, 0.2) is 18.6 Å². The zero-order valence-electron chi connectivity index (χ0n) is 15.0. The Bertz CT molecular complexity index is 922. The van der Waals surface area contributed by atoms with E-state index in [0.717, 1.165) is 35.9 Å². The predicted molar refractivity (Wildman–Crippen MR) is 96.0 cm³/mol. The van der Waals surface area contributed by atoms with Crippen LogP contribution in [0.5, 0.6) is 0 Å². The lowest BCUT2D eigenvalue weighted by Gasteiger charge is -2.36. The van der Waals surface area contributed by atoms with Gasteiger partial charge >= 0.3 is 0 Å². The van der Waals surface area contributed by atoms with Gasteiger partial charge in [-0.3, -0.25) is 14.3 Å². The number of anilines is 1. The van der Waals surface area contributed by atoms with Gasteiger partial charge in [0.1, 0.15) is 12.1 Å². The molecule has 0 bridgehead atoms. The molecule has 0 radical (unpaired) electrons. The molecule has 26 heavy (non-hydrogen) atoms. The predicted octanol–water partition coefficient (Wildman–Crippen LogP) is 0.746. The highest BCUT2D eigenvalue weighted by Gasteiger charge is 2.23. The van der Waals surface area contributed by atoms with Gasteiger partial charge in [0.25, 0.3) is 5.78 Å². The number of nitrogens with zero attached hydrogens (tertiary/aromatic N) is 7. The van der Waals surface area contributed by atoms with Crippen LogP contribution in [0.1, 0.15) is 23.4 Å². The second-order valence-corrected chi connectivity index (χ2v) is 6.59. The molecule has 1 N–H and O–H groups in total. The lowest BCUT2D eigenvalue weighted by Crippen LogP contribution is -2.49. The van der Waals surface area contributed by atoms with Crippen LogP contribution in [0.3, 0.4) is 0 Å². The van der Waals surface area contributed by atoms with Crippen molar-refractivity contribution in [1.82, 2.24) is 34.7 Å². The molecule has 1 saturated heterocycles. The van der Waals surface area contributed by atoms with E-state index < -0.39 is 0 Å². The molecule has 9 heteroatoms. The minimum atomic E-state index is 0.189. The number of aromatic nitrogens is 6.